The lowest BCUT2D eigenvalue weighted by atomic mass is 10.1. The maximum atomic E-state index is 12.3. The van der Waals surface area contributed by atoms with Gasteiger partial charge in [0.25, 0.3) is 0 Å². The van der Waals surface area contributed by atoms with E-state index in [1.54, 1.807) is 36.6 Å². The van der Waals surface area contributed by atoms with Gasteiger partial charge in [0.15, 0.2) is 5.96 Å². The van der Waals surface area contributed by atoms with E-state index < -0.39 is 10.0 Å². The van der Waals surface area contributed by atoms with Gasteiger partial charge in [-0.1, -0.05) is 24.6 Å². The SMILES string of the molecule is CCNC(=NCC(c1ccco1)N1CCCCC1)NCCNS(=O)(=O)c1ccccc1.I. The largest absolute Gasteiger partial charge is 0.468 e. The average molecular weight is 576 g/mol. The number of aliphatic imine (C=N–C) groups is 1. The average Bonchev–Trinajstić information content (AvgIpc) is 3.33. The third kappa shape index (κ3) is 8.05. The van der Waals surface area contributed by atoms with Gasteiger partial charge in [0, 0.05) is 19.6 Å². The number of rotatable bonds is 10. The number of guanidine groups is 1. The highest BCUT2D eigenvalue weighted by Gasteiger charge is 2.24. The van der Waals surface area contributed by atoms with Crippen LogP contribution in [0.15, 0.2) is 63.0 Å². The van der Waals surface area contributed by atoms with E-state index >= 15 is 0 Å². The van der Waals surface area contributed by atoms with Gasteiger partial charge in [-0.2, -0.15) is 0 Å². The zero-order valence-electron chi connectivity index (χ0n) is 18.5. The normalized spacial score (nSPS) is 16.2. The molecule has 0 bridgehead atoms. The Morgan fingerprint density at radius 2 is 1.81 bits per heavy atom. The zero-order valence-corrected chi connectivity index (χ0v) is 21.6. The second-order valence-electron chi connectivity index (χ2n) is 7.49. The van der Waals surface area contributed by atoms with E-state index in [-0.39, 0.29) is 41.5 Å². The molecule has 0 radical (unpaired) electrons. The maximum absolute atomic E-state index is 12.3. The highest BCUT2D eigenvalue weighted by Crippen LogP contribution is 2.25. The lowest BCUT2D eigenvalue weighted by Gasteiger charge is -2.32. The Hall–Kier alpha value is -1.63. The number of nitrogens with zero attached hydrogens (tertiary/aromatic N) is 2. The predicted molar refractivity (Wildman–Crippen MR) is 138 cm³/mol. The van der Waals surface area contributed by atoms with E-state index in [0.717, 1.165) is 25.4 Å². The van der Waals surface area contributed by atoms with Crippen molar-refractivity contribution in [3.63, 3.8) is 0 Å². The van der Waals surface area contributed by atoms with Crippen molar-refractivity contribution < 1.29 is 12.8 Å². The molecule has 1 saturated heterocycles. The molecule has 10 heteroatoms. The van der Waals surface area contributed by atoms with Crippen LogP contribution in [0.1, 0.15) is 38.0 Å². The highest BCUT2D eigenvalue weighted by molar-refractivity contribution is 14.0. The Bertz CT molecular complexity index is 901. The van der Waals surface area contributed by atoms with Crippen molar-refractivity contribution in [3.05, 3.63) is 54.5 Å². The lowest BCUT2D eigenvalue weighted by molar-refractivity contribution is 0.150. The topological polar surface area (TPSA) is 99.0 Å². The third-order valence-corrected chi connectivity index (χ3v) is 6.71. The van der Waals surface area contributed by atoms with Crippen molar-refractivity contribution >= 4 is 40.0 Å². The third-order valence-electron chi connectivity index (χ3n) is 5.23. The summed E-state index contributed by atoms with van der Waals surface area (Å²) in [5, 5.41) is 6.44. The number of piperidine rings is 1. The fourth-order valence-corrected chi connectivity index (χ4v) is 4.72. The molecule has 3 N–H and O–H groups in total. The smallest absolute Gasteiger partial charge is 0.240 e. The number of furan rings is 1. The number of halogens is 1. The second kappa shape index (κ2) is 13.8. The number of likely N-dealkylation sites (tertiary alicyclic amines) is 1. The molecule has 1 unspecified atom stereocenters. The van der Waals surface area contributed by atoms with Crippen molar-refractivity contribution in [2.75, 3.05) is 39.3 Å². The van der Waals surface area contributed by atoms with Gasteiger partial charge in [-0.15, -0.1) is 24.0 Å². The van der Waals surface area contributed by atoms with Gasteiger partial charge in [0.05, 0.1) is 23.7 Å². The van der Waals surface area contributed by atoms with Gasteiger partial charge in [-0.05, 0) is 57.1 Å². The van der Waals surface area contributed by atoms with Crippen molar-refractivity contribution in [1.29, 1.82) is 0 Å². The summed E-state index contributed by atoms with van der Waals surface area (Å²) in [6, 6.07) is 12.4. The molecule has 8 nitrogen and oxygen atoms in total. The molecule has 0 aliphatic carbocycles. The van der Waals surface area contributed by atoms with Crippen molar-refractivity contribution in [3.8, 4) is 0 Å². The van der Waals surface area contributed by atoms with E-state index in [1.807, 2.05) is 19.1 Å². The molecule has 0 amide bonds. The van der Waals surface area contributed by atoms with Crippen LogP contribution in [0.25, 0.3) is 0 Å². The molecule has 1 fully saturated rings. The minimum Gasteiger partial charge on any atom is -0.468 e. The monoisotopic (exact) mass is 575 g/mol. The molecule has 0 spiro atoms. The molecule has 2 heterocycles. The predicted octanol–water partition coefficient (Wildman–Crippen LogP) is 2.96. The zero-order chi connectivity index (χ0) is 21.9. The Balaban J connectivity index is 0.00000363. The Morgan fingerprint density at radius 1 is 1.06 bits per heavy atom. The summed E-state index contributed by atoms with van der Waals surface area (Å²) in [4.78, 5) is 7.45. The van der Waals surface area contributed by atoms with Gasteiger partial charge < -0.3 is 15.1 Å². The molecule has 1 aliphatic rings. The van der Waals surface area contributed by atoms with Gasteiger partial charge in [0.2, 0.25) is 10.0 Å². The van der Waals surface area contributed by atoms with Crippen LogP contribution in [0.3, 0.4) is 0 Å². The summed E-state index contributed by atoms with van der Waals surface area (Å²) >= 11 is 0. The molecular formula is C22H34IN5O3S. The van der Waals surface area contributed by atoms with E-state index in [0.29, 0.717) is 19.0 Å². The number of sulfonamides is 1. The molecule has 2 aromatic rings. The quantitative estimate of drug-likeness (QED) is 0.175. The summed E-state index contributed by atoms with van der Waals surface area (Å²) < 4.78 is 33.0. The minimum absolute atomic E-state index is 0. The van der Waals surface area contributed by atoms with Crippen LogP contribution in [-0.2, 0) is 10.0 Å². The summed E-state index contributed by atoms with van der Waals surface area (Å²) in [5.74, 6) is 1.59. The Labute approximate surface area is 208 Å². The van der Waals surface area contributed by atoms with Crippen molar-refractivity contribution in [2.45, 2.75) is 37.1 Å². The van der Waals surface area contributed by atoms with Gasteiger partial charge >= 0.3 is 0 Å². The van der Waals surface area contributed by atoms with Crippen molar-refractivity contribution in [2.24, 2.45) is 4.99 Å². The first-order valence-electron chi connectivity index (χ1n) is 10.9. The number of benzene rings is 1. The molecule has 3 rings (SSSR count). The summed E-state index contributed by atoms with van der Waals surface area (Å²) in [6.45, 7) is 6.07. The first-order chi connectivity index (χ1) is 15.1. The first-order valence-corrected chi connectivity index (χ1v) is 12.4. The Morgan fingerprint density at radius 3 is 2.47 bits per heavy atom. The van der Waals surface area contributed by atoms with Crippen LogP contribution in [0.2, 0.25) is 0 Å². The Kier molecular flexibility index (Phi) is 11.5. The number of nitrogens with one attached hydrogen (secondary N) is 3. The van der Waals surface area contributed by atoms with Gasteiger partial charge in [-0.25, -0.2) is 13.1 Å². The van der Waals surface area contributed by atoms with E-state index in [2.05, 4.69) is 20.3 Å². The summed E-state index contributed by atoms with van der Waals surface area (Å²) in [5.41, 5.74) is 0. The van der Waals surface area contributed by atoms with Crippen LogP contribution in [0.5, 0.6) is 0 Å². The fraction of sp³-hybridized carbons (Fsp3) is 0.500. The van der Waals surface area contributed by atoms with Crippen LogP contribution in [0, 0.1) is 0 Å². The van der Waals surface area contributed by atoms with Gasteiger partial charge in [0.1, 0.15) is 5.76 Å². The van der Waals surface area contributed by atoms with E-state index in [4.69, 9.17) is 9.41 Å². The van der Waals surface area contributed by atoms with Crippen LogP contribution >= 0.6 is 24.0 Å². The number of hydrogen-bond acceptors (Lipinski definition) is 5. The summed E-state index contributed by atoms with van der Waals surface area (Å²) in [6.07, 6.45) is 5.37. The van der Waals surface area contributed by atoms with E-state index in [1.165, 1.54) is 19.3 Å². The van der Waals surface area contributed by atoms with Crippen LogP contribution in [0.4, 0.5) is 0 Å². The van der Waals surface area contributed by atoms with Crippen molar-refractivity contribution in [1.82, 2.24) is 20.3 Å². The molecule has 1 aromatic carbocycles. The molecule has 1 aromatic heterocycles. The first kappa shape index (κ1) is 26.6. The molecule has 1 aliphatic heterocycles. The molecular weight excluding hydrogens is 541 g/mol. The second-order valence-corrected chi connectivity index (χ2v) is 9.25. The highest BCUT2D eigenvalue weighted by atomic mass is 127. The molecule has 178 valence electrons. The molecule has 0 saturated carbocycles. The standard InChI is InChI=1S/C22H33N5O3S.HI/c1-2-23-22(24-13-14-26-31(28,29)19-10-5-3-6-11-19)25-18-20(21-12-9-17-30-21)27-15-7-4-8-16-27;/h3,5-6,9-12,17,20,26H,2,4,7-8,13-16,18H2,1H3,(H2,23,24,25);1H. The van der Waals surface area contributed by atoms with E-state index in [9.17, 15) is 8.42 Å². The molecule has 1 atom stereocenters. The minimum atomic E-state index is -3.51. The number of hydrogen-bond donors (Lipinski definition) is 3. The van der Waals surface area contributed by atoms with Crippen LogP contribution < -0.4 is 15.4 Å². The maximum Gasteiger partial charge on any atom is 0.240 e. The lowest BCUT2D eigenvalue weighted by Crippen LogP contribution is -2.42. The summed E-state index contributed by atoms with van der Waals surface area (Å²) in [7, 11) is -3.51. The molecule has 32 heavy (non-hydrogen) atoms. The van der Waals surface area contributed by atoms with Gasteiger partial charge in [-0.3, -0.25) is 9.89 Å². The fourth-order valence-electron chi connectivity index (χ4n) is 3.67. The van der Waals surface area contributed by atoms with Crippen LogP contribution in [-0.4, -0.2) is 58.5 Å².